The van der Waals surface area contributed by atoms with Crippen molar-refractivity contribution in [1.29, 1.82) is 0 Å². The molecule has 1 aromatic rings. The molecular weight excluding hydrogens is 253 g/mol. The molecule has 0 bridgehead atoms. The first-order valence-corrected chi connectivity index (χ1v) is 6.83. The first kappa shape index (κ1) is 14.8. The van der Waals surface area contributed by atoms with Crippen LogP contribution in [0, 0.1) is 5.82 Å². The Bertz CT molecular complexity index is 467. The first-order valence-electron chi connectivity index (χ1n) is 5.73. The summed E-state index contributed by atoms with van der Waals surface area (Å²) in [6, 6.07) is 4.53. The molecule has 1 rings (SSSR count). The molecule has 5 heteroatoms. The van der Waals surface area contributed by atoms with Crippen molar-refractivity contribution in [2.75, 3.05) is 6.61 Å². The molecule has 0 saturated heterocycles. The molecule has 0 aliphatic heterocycles. The van der Waals surface area contributed by atoms with Gasteiger partial charge >= 0.3 is 0 Å². The molecule has 0 spiro atoms. The van der Waals surface area contributed by atoms with Crippen molar-refractivity contribution in [3.05, 3.63) is 29.6 Å². The van der Waals surface area contributed by atoms with Gasteiger partial charge in [-0.25, -0.2) is 8.60 Å². The summed E-state index contributed by atoms with van der Waals surface area (Å²) in [7, 11) is -1.34. The summed E-state index contributed by atoms with van der Waals surface area (Å²) in [6.07, 6.45) is 1.42. The quantitative estimate of drug-likeness (QED) is 0.789. The largest absolute Gasteiger partial charge is 0.491 e. The van der Waals surface area contributed by atoms with Gasteiger partial charge in [-0.15, -0.1) is 0 Å². The van der Waals surface area contributed by atoms with Gasteiger partial charge in [0.2, 0.25) is 0 Å². The third-order valence-electron chi connectivity index (χ3n) is 2.08. The first-order chi connectivity index (χ1) is 8.34. The van der Waals surface area contributed by atoms with Gasteiger partial charge < -0.3 is 4.74 Å². The third kappa shape index (κ3) is 4.22. The maximum atomic E-state index is 13.5. The van der Waals surface area contributed by atoms with Crippen LogP contribution in [0.1, 0.15) is 33.3 Å². The van der Waals surface area contributed by atoms with Gasteiger partial charge in [0.15, 0.2) is 11.6 Å². The van der Waals surface area contributed by atoms with Crippen molar-refractivity contribution in [3.63, 3.8) is 0 Å². The summed E-state index contributed by atoms with van der Waals surface area (Å²) < 4.78 is 33.8. The maximum absolute atomic E-state index is 13.5. The molecule has 0 radical (unpaired) electrons. The van der Waals surface area contributed by atoms with Crippen LogP contribution >= 0.6 is 0 Å². The molecule has 1 aromatic carbocycles. The summed E-state index contributed by atoms with van der Waals surface area (Å²) in [5.41, 5.74) is 0.563. The normalized spacial score (nSPS) is 13.8. The monoisotopic (exact) mass is 271 g/mol. The van der Waals surface area contributed by atoms with E-state index in [1.165, 1.54) is 12.3 Å². The lowest BCUT2D eigenvalue weighted by atomic mass is 10.2. The molecule has 0 aliphatic carbocycles. The molecule has 18 heavy (non-hydrogen) atoms. The van der Waals surface area contributed by atoms with Crippen LogP contribution in [0.5, 0.6) is 5.75 Å². The minimum atomic E-state index is -1.34. The van der Waals surface area contributed by atoms with Crippen LogP contribution in [-0.4, -0.2) is 21.8 Å². The number of benzene rings is 1. The molecular formula is C13H18FNO2S. The molecule has 0 aromatic heterocycles. The van der Waals surface area contributed by atoms with E-state index in [-0.39, 0.29) is 5.75 Å². The lowest BCUT2D eigenvalue weighted by Gasteiger charge is -2.12. The highest BCUT2D eigenvalue weighted by Gasteiger charge is 2.18. The second-order valence-corrected chi connectivity index (χ2v) is 6.65. The fraction of sp³-hybridized carbons (Fsp3) is 0.462. The Morgan fingerprint density at radius 1 is 1.44 bits per heavy atom. The molecule has 0 saturated carbocycles. The highest BCUT2D eigenvalue weighted by atomic mass is 32.2. The number of halogens is 1. The Kier molecular flexibility index (Phi) is 5.02. The number of hydrogen-bond acceptors (Lipinski definition) is 2. The van der Waals surface area contributed by atoms with Crippen molar-refractivity contribution in [3.8, 4) is 5.75 Å². The summed E-state index contributed by atoms with van der Waals surface area (Å²) in [4.78, 5) is 0. The lowest BCUT2D eigenvalue weighted by molar-refractivity contribution is 0.321. The zero-order chi connectivity index (χ0) is 13.8. The smallest absolute Gasteiger partial charge is 0.165 e. The van der Waals surface area contributed by atoms with Crippen LogP contribution < -0.4 is 4.74 Å². The summed E-state index contributed by atoms with van der Waals surface area (Å²) in [5.74, 6) is -0.228. The predicted molar refractivity (Wildman–Crippen MR) is 73.1 cm³/mol. The maximum Gasteiger partial charge on any atom is 0.165 e. The Morgan fingerprint density at radius 2 is 2.11 bits per heavy atom. The zero-order valence-electron chi connectivity index (χ0n) is 11.1. The van der Waals surface area contributed by atoms with E-state index >= 15 is 0 Å². The van der Waals surface area contributed by atoms with E-state index in [1.54, 1.807) is 19.1 Å². The molecule has 3 nitrogen and oxygen atoms in total. The molecule has 1 unspecified atom stereocenters. The van der Waals surface area contributed by atoms with Crippen LogP contribution in [-0.2, 0) is 11.0 Å². The summed E-state index contributed by atoms with van der Waals surface area (Å²) in [5, 5.41) is 0. The Morgan fingerprint density at radius 3 is 2.61 bits per heavy atom. The van der Waals surface area contributed by atoms with Crippen molar-refractivity contribution in [2.45, 2.75) is 32.4 Å². The average Bonchev–Trinajstić information content (AvgIpc) is 2.28. The summed E-state index contributed by atoms with van der Waals surface area (Å²) >= 11 is 0. The number of rotatable bonds is 4. The van der Waals surface area contributed by atoms with E-state index in [4.69, 9.17) is 4.74 Å². The average molecular weight is 271 g/mol. The van der Waals surface area contributed by atoms with Gasteiger partial charge in [0.25, 0.3) is 0 Å². The van der Waals surface area contributed by atoms with Crippen LogP contribution in [0.3, 0.4) is 0 Å². The highest BCUT2D eigenvalue weighted by molar-refractivity contribution is 7.85. The van der Waals surface area contributed by atoms with Crippen molar-refractivity contribution >= 4 is 17.2 Å². The third-order valence-corrected chi connectivity index (χ3v) is 3.42. The van der Waals surface area contributed by atoms with Crippen LogP contribution in [0.15, 0.2) is 22.6 Å². The van der Waals surface area contributed by atoms with Crippen molar-refractivity contribution in [1.82, 2.24) is 0 Å². The molecule has 0 aliphatic rings. The van der Waals surface area contributed by atoms with Crippen molar-refractivity contribution in [2.24, 2.45) is 4.40 Å². The zero-order valence-corrected chi connectivity index (χ0v) is 11.9. The summed E-state index contributed by atoms with van der Waals surface area (Å²) in [6.45, 7) is 7.71. The van der Waals surface area contributed by atoms with Gasteiger partial charge in [-0.3, -0.25) is 0 Å². The fourth-order valence-electron chi connectivity index (χ4n) is 1.14. The number of nitrogens with zero attached hydrogens (tertiary/aromatic N) is 1. The highest BCUT2D eigenvalue weighted by Crippen LogP contribution is 2.18. The fourth-order valence-corrected chi connectivity index (χ4v) is 1.67. The minimum absolute atomic E-state index is 0.214. The number of ether oxygens (including phenoxy) is 1. The SMILES string of the molecule is CCOc1ccc(C=NS(=O)C(C)(C)C)cc1F. The standard InChI is InChI=1S/C13H18FNO2S/c1-5-17-12-7-6-10(8-11(12)14)9-15-18(16)13(2,3)4/h6-9H,5H2,1-4H3. The van der Waals surface area contributed by atoms with Gasteiger partial charge in [0.1, 0.15) is 11.0 Å². The minimum Gasteiger partial charge on any atom is -0.491 e. The molecule has 100 valence electrons. The van der Waals surface area contributed by atoms with E-state index in [0.717, 1.165) is 0 Å². The Balaban J connectivity index is 2.84. The van der Waals surface area contributed by atoms with E-state index in [1.807, 2.05) is 20.8 Å². The van der Waals surface area contributed by atoms with E-state index in [2.05, 4.69) is 4.40 Å². The lowest BCUT2D eigenvalue weighted by Crippen LogP contribution is -2.19. The van der Waals surface area contributed by atoms with E-state index < -0.39 is 21.5 Å². The molecule has 0 fully saturated rings. The van der Waals surface area contributed by atoms with E-state index in [9.17, 15) is 8.60 Å². The Labute approximate surface area is 110 Å². The van der Waals surface area contributed by atoms with Crippen LogP contribution in [0.25, 0.3) is 0 Å². The van der Waals surface area contributed by atoms with Gasteiger partial charge in [0, 0.05) is 6.21 Å². The van der Waals surface area contributed by atoms with Crippen LogP contribution in [0.2, 0.25) is 0 Å². The topological polar surface area (TPSA) is 38.7 Å². The van der Waals surface area contributed by atoms with Gasteiger partial charge in [-0.05, 0) is 51.5 Å². The Hall–Kier alpha value is -1.23. The predicted octanol–water partition coefficient (Wildman–Crippen LogP) is 3.11. The van der Waals surface area contributed by atoms with Gasteiger partial charge in [-0.1, -0.05) is 0 Å². The molecule has 0 amide bonds. The second kappa shape index (κ2) is 6.09. The second-order valence-electron chi connectivity index (χ2n) is 4.72. The number of hydrogen-bond donors (Lipinski definition) is 0. The van der Waals surface area contributed by atoms with E-state index in [0.29, 0.717) is 12.2 Å². The van der Waals surface area contributed by atoms with Crippen molar-refractivity contribution < 1.29 is 13.3 Å². The molecule has 0 N–H and O–H groups in total. The molecule has 0 heterocycles. The van der Waals surface area contributed by atoms with Gasteiger partial charge in [0.05, 0.1) is 11.4 Å². The van der Waals surface area contributed by atoms with Gasteiger partial charge in [-0.2, -0.15) is 4.40 Å². The van der Waals surface area contributed by atoms with Crippen LogP contribution in [0.4, 0.5) is 4.39 Å². The molecule has 1 atom stereocenters.